The molecule has 0 aromatic heterocycles. The van der Waals surface area contributed by atoms with E-state index in [0.717, 1.165) is 22.5 Å². The lowest BCUT2D eigenvalue weighted by molar-refractivity contribution is 0.197. The van der Waals surface area contributed by atoms with Crippen molar-refractivity contribution in [1.82, 2.24) is 10.4 Å². The topological polar surface area (TPSA) is 47.6 Å². The van der Waals surface area contributed by atoms with E-state index in [2.05, 4.69) is 11.0 Å². The van der Waals surface area contributed by atoms with E-state index in [0.29, 0.717) is 13.1 Å². The van der Waals surface area contributed by atoms with Crippen LogP contribution in [0.3, 0.4) is 0 Å². The van der Waals surface area contributed by atoms with Crippen LogP contribution >= 0.6 is 0 Å². The highest BCUT2D eigenvalue weighted by molar-refractivity contribution is 5.96. The minimum atomic E-state index is -0.102. The van der Waals surface area contributed by atoms with Crippen molar-refractivity contribution in [3.8, 4) is 0 Å². The summed E-state index contributed by atoms with van der Waals surface area (Å²) in [4.78, 5) is 15.1. The fourth-order valence-corrected chi connectivity index (χ4v) is 3.04. The number of carbonyl (C=O) groups excluding carboxylic acids is 1. The minimum Gasteiger partial charge on any atom is -0.315 e. The molecule has 1 aliphatic rings. The van der Waals surface area contributed by atoms with Gasteiger partial charge in [-0.2, -0.15) is 0 Å². The van der Waals surface area contributed by atoms with Crippen LogP contribution in [-0.2, 0) is 13.1 Å². The Morgan fingerprint density at radius 3 is 1.92 bits per heavy atom. The van der Waals surface area contributed by atoms with Crippen LogP contribution in [0.1, 0.15) is 11.1 Å². The van der Waals surface area contributed by atoms with E-state index in [-0.39, 0.29) is 6.03 Å². The third-order valence-electron chi connectivity index (χ3n) is 4.34. The molecule has 3 aromatic carbocycles. The van der Waals surface area contributed by atoms with Gasteiger partial charge in [-0.05, 0) is 23.3 Å². The molecular weight excluding hydrogens is 324 g/mol. The standard InChI is InChI=1S/C21H20N4O/c26-21(25-20-14-8-7-13-19(20)22-23-25)24(15-17-9-3-1-4-10-17)16-18-11-5-2-6-12-18/h1-14,22-23H,15-16H2. The summed E-state index contributed by atoms with van der Waals surface area (Å²) in [7, 11) is 0. The van der Waals surface area contributed by atoms with Crippen LogP contribution in [0, 0.1) is 0 Å². The quantitative estimate of drug-likeness (QED) is 0.747. The minimum absolute atomic E-state index is 0.102. The Balaban J connectivity index is 1.60. The third kappa shape index (κ3) is 3.38. The van der Waals surface area contributed by atoms with Gasteiger partial charge in [-0.15, -0.1) is 5.53 Å². The molecule has 1 aliphatic heterocycles. The summed E-state index contributed by atoms with van der Waals surface area (Å²) >= 11 is 0. The fraction of sp³-hybridized carbons (Fsp3) is 0.0952. The van der Waals surface area contributed by atoms with Gasteiger partial charge in [-0.3, -0.25) is 0 Å². The molecule has 0 spiro atoms. The van der Waals surface area contributed by atoms with Gasteiger partial charge in [0, 0.05) is 13.1 Å². The van der Waals surface area contributed by atoms with E-state index in [4.69, 9.17) is 0 Å². The molecule has 0 radical (unpaired) electrons. The van der Waals surface area contributed by atoms with Crippen molar-refractivity contribution in [2.45, 2.75) is 13.1 Å². The normalized spacial score (nSPS) is 12.4. The van der Waals surface area contributed by atoms with E-state index >= 15 is 0 Å². The average molecular weight is 344 g/mol. The van der Waals surface area contributed by atoms with Crippen molar-refractivity contribution in [1.29, 1.82) is 0 Å². The summed E-state index contributed by atoms with van der Waals surface area (Å²) in [5.41, 5.74) is 9.91. The molecule has 2 amide bonds. The highest BCUT2D eigenvalue weighted by atomic mass is 16.2. The third-order valence-corrected chi connectivity index (χ3v) is 4.34. The highest BCUT2D eigenvalue weighted by Gasteiger charge is 2.28. The number of rotatable bonds is 4. The van der Waals surface area contributed by atoms with E-state index in [9.17, 15) is 4.79 Å². The van der Waals surface area contributed by atoms with Gasteiger partial charge in [-0.1, -0.05) is 72.8 Å². The Labute approximate surface area is 152 Å². The average Bonchev–Trinajstić information content (AvgIpc) is 3.13. The number of benzene rings is 3. The first-order valence-corrected chi connectivity index (χ1v) is 8.59. The summed E-state index contributed by atoms with van der Waals surface area (Å²) in [6, 6.07) is 27.7. The molecule has 5 heteroatoms. The Kier molecular flexibility index (Phi) is 4.53. The van der Waals surface area contributed by atoms with Gasteiger partial charge in [-0.25, -0.2) is 9.80 Å². The number of hydrogen-bond donors (Lipinski definition) is 2. The van der Waals surface area contributed by atoms with Crippen LogP contribution in [0.4, 0.5) is 16.2 Å². The molecule has 3 aromatic rings. The summed E-state index contributed by atoms with van der Waals surface area (Å²) < 4.78 is 0. The van der Waals surface area contributed by atoms with Crippen LogP contribution in [0.25, 0.3) is 0 Å². The Hall–Kier alpha value is -3.31. The molecule has 0 unspecified atom stereocenters. The van der Waals surface area contributed by atoms with Crippen molar-refractivity contribution in [2.75, 3.05) is 10.4 Å². The molecule has 0 atom stereocenters. The van der Waals surface area contributed by atoms with E-state index < -0.39 is 0 Å². The lowest BCUT2D eigenvalue weighted by atomic mass is 10.2. The maximum atomic E-state index is 13.3. The number of fused-ring (bicyclic) bond motifs is 1. The summed E-state index contributed by atoms with van der Waals surface area (Å²) in [6.07, 6.45) is 0. The molecule has 26 heavy (non-hydrogen) atoms. The lowest BCUT2D eigenvalue weighted by Gasteiger charge is -2.28. The van der Waals surface area contributed by atoms with Gasteiger partial charge in [0.15, 0.2) is 0 Å². The van der Waals surface area contributed by atoms with Crippen molar-refractivity contribution >= 4 is 17.4 Å². The summed E-state index contributed by atoms with van der Waals surface area (Å²) in [6.45, 7) is 1.07. The first-order chi connectivity index (χ1) is 12.8. The van der Waals surface area contributed by atoms with Crippen LogP contribution < -0.4 is 16.0 Å². The summed E-state index contributed by atoms with van der Waals surface area (Å²) in [5.74, 6) is 0. The molecule has 0 aliphatic carbocycles. The Bertz CT molecular complexity index is 841. The zero-order valence-electron chi connectivity index (χ0n) is 14.3. The number of urea groups is 1. The SMILES string of the molecule is O=C(N(Cc1ccccc1)Cc1ccccc1)N1NNc2ccccc21. The van der Waals surface area contributed by atoms with Crippen molar-refractivity contribution in [2.24, 2.45) is 0 Å². The van der Waals surface area contributed by atoms with Crippen LogP contribution in [0.2, 0.25) is 0 Å². The number of carbonyl (C=O) groups is 1. The Morgan fingerprint density at radius 1 is 0.769 bits per heavy atom. The molecular formula is C21H20N4O. The largest absolute Gasteiger partial charge is 0.341 e. The second kappa shape index (κ2) is 7.29. The van der Waals surface area contributed by atoms with Gasteiger partial charge in [0.25, 0.3) is 0 Å². The zero-order chi connectivity index (χ0) is 17.8. The molecule has 0 fully saturated rings. The molecule has 1 heterocycles. The molecule has 0 bridgehead atoms. The second-order valence-electron chi connectivity index (χ2n) is 6.20. The van der Waals surface area contributed by atoms with Crippen LogP contribution in [-0.4, -0.2) is 10.9 Å². The molecule has 4 rings (SSSR count). The van der Waals surface area contributed by atoms with Gasteiger partial charge in [0.1, 0.15) is 0 Å². The van der Waals surface area contributed by atoms with Gasteiger partial charge < -0.3 is 10.3 Å². The van der Waals surface area contributed by atoms with Gasteiger partial charge in [0.05, 0.1) is 11.4 Å². The zero-order valence-corrected chi connectivity index (χ0v) is 14.3. The van der Waals surface area contributed by atoms with Gasteiger partial charge in [0.2, 0.25) is 0 Å². The number of nitrogens with zero attached hydrogens (tertiary/aromatic N) is 2. The predicted molar refractivity (Wildman–Crippen MR) is 103 cm³/mol. The van der Waals surface area contributed by atoms with E-state index in [1.807, 2.05) is 89.8 Å². The smallest absolute Gasteiger partial charge is 0.315 e. The predicted octanol–water partition coefficient (Wildman–Crippen LogP) is 4.16. The fourth-order valence-electron chi connectivity index (χ4n) is 3.04. The number of nitrogens with one attached hydrogen (secondary N) is 2. The molecule has 0 saturated heterocycles. The molecule has 130 valence electrons. The maximum Gasteiger partial charge on any atom is 0.341 e. The van der Waals surface area contributed by atoms with Crippen molar-refractivity contribution in [3.05, 3.63) is 96.1 Å². The number of hydrazine groups is 2. The number of amides is 2. The Morgan fingerprint density at radius 2 is 1.31 bits per heavy atom. The van der Waals surface area contributed by atoms with Gasteiger partial charge >= 0.3 is 6.03 Å². The van der Waals surface area contributed by atoms with E-state index in [1.54, 1.807) is 5.01 Å². The maximum absolute atomic E-state index is 13.3. The number of hydrogen-bond acceptors (Lipinski definition) is 3. The lowest BCUT2D eigenvalue weighted by Crippen LogP contribution is -2.48. The van der Waals surface area contributed by atoms with Crippen LogP contribution in [0.5, 0.6) is 0 Å². The first kappa shape index (κ1) is 16.2. The van der Waals surface area contributed by atoms with Crippen molar-refractivity contribution in [3.63, 3.8) is 0 Å². The van der Waals surface area contributed by atoms with Crippen molar-refractivity contribution < 1.29 is 4.79 Å². The molecule has 0 saturated carbocycles. The monoisotopic (exact) mass is 344 g/mol. The number of anilines is 2. The van der Waals surface area contributed by atoms with E-state index in [1.165, 1.54) is 0 Å². The molecule has 2 N–H and O–H groups in total. The number of para-hydroxylation sites is 2. The molecule has 5 nitrogen and oxygen atoms in total. The highest BCUT2D eigenvalue weighted by Crippen LogP contribution is 2.29. The van der Waals surface area contributed by atoms with Crippen LogP contribution in [0.15, 0.2) is 84.9 Å². The summed E-state index contributed by atoms with van der Waals surface area (Å²) in [5, 5.41) is 1.56. The second-order valence-corrected chi connectivity index (χ2v) is 6.20. The first-order valence-electron chi connectivity index (χ1n) is 8.59.